The van der Waals surface area contributed by atoms with E-state index in [9.17, 15) is 39.0 Å². The average Bonchev–Trinajstić information content (AvgIpc) is 3.52. The van der Waals surface area contributed by atoms with Crippen LogP contribution in [0.25, 0.3) is 10.9 Å². The molecule has 0 aliphatic carbocycles. The lowest BCUT2D eigenvalue weighted by Gasteiger charge is -2.35. The number of nitrogens with one attached hydrogen (secondary N) is 1. The van der Waals surface area contributed by atoms with Crippen molar-refractivity contribution in [2.75, 3.05) is 52.5 Å². The zero-order valence-corrected chi connectivity index (χ0v) is 24.3. The molecule has 15 nitrogen and oxygen atoms in total. The molecule has 0 spiro atoms. The molecule has 2 saturated heterocycles. The number of carbonyl (C=O) groups is 6. The molecule has 44 heavy (non-hydrogen) atoms. The van der Waals surface area contributed by atoms with Gasteiger partial charge in [-0.3, -0.25) is 24.0 Å². The number of piperazine rings is 1. The fourth-order valence-electron chi connectivity index (χ4n) is 5.10. The quantitative estimate of drug-likeness (QED) is 0.324. The van der Waals surface area contributed by atoms with Crippen molar-refractivity contribution in [3.63, 3.8) is 0 Å². The minimum atomic E-state index is -1.18. The van der Waals surface area contributed by atoms with Gasteiger partial charge in [0.05, 0.1) is 18.0 Å². The molecule has 0 bridgehead atoms. The number of rotatable bonds is 11. The van der Waals surface area contributed by atoms with Gasteiger partial charge in [-0.1, -0.05) is 12.1 Å². The van der Waals surface area contributed by atoms with Crippen LogP contribution in [-0.4, -0.2) is 124 Å². The molecule has 3 N–H and O–H groups in total. The number of carboxylic acids is 2. The molecular formula is C29H35N5O10. The summed E-state index contributed by atoms with van der Waals surface area (Å²) >= 11 is 0. The summed E-state index contributed by atoms with van der Waals surface area (Å²) in [6.45, 7) is 2.73. The Morgan fingerprint density at radius 3 is 2.36 bits per heavy atom. The summed E-state index contributed by atoms with van der Waals surface area (Å²) in [6.07, 6.45) is -0.675. The van der Waals surface area contributed by atoms with E-state index in [1.54, 1.807) is 31.2 Å². The van der Waals surface area contributed by atoms with Crippen LogP contribution in [-0.2, 0) is 23.9 Å². The van der Waals surface area contributed by atoms with Gasteiger partial charge in [0.15, 0.2) is 6.61 Å². The average molecular weight is 614 g/mol. The largest absolute Gasteiger partial charge is 0.483 e. The molecule has 1 aromatic heterocycles. The van der Waals surface area contributed by atoms with Crippen molar-refractivity contribution in [3.05, 3.63) is 36.0 Å². The molecule has 2 aliphatic heterocycles. The molecule has 2 fully saturated rings. The molecule has 2 aliphatic rings. The van der Waals surface area contributed by atoms with Crippen molar-refractivity contribution < 1.29 is 48.5 Å². The lowest BCUT2D eigenvalue weighted by atomic mass is 10.1. The maximum Gasteiger partial charge on any atom is 0.409 e. The zero-order chi connectivity index (χ0) is 31.8. The Morgan fingerprint density at radius 1 is 1.00 bits per heavy atom. The second kappa shape index (κ2) is 14.5. The van der Waals surface area contributed by atoms with Crippen LogP contribution in [0.2, 0.25) is 0 Å². The number of carboxylic acid groups (broad SMARTS) is 2. The predicted molar refractivity (Wildman–Crippen MR) is 153 cm³/mol. The molecule has 0 radical (unpaired) electrons. The van der Waals surface area contributed by atoms with Crippen LogP contribution in [0.15, 0.2) is 30.3 Å². The summed E-state index contributed by atoms with van der Waals surface area (Å²) in [7, 11) is 0. The Balaban J connectivity index is 1.47. The number of ether oxygens (including phenoxy) is 2. The fourth-order valence-corrected chi connectivity index (χ4v) is 5.10. The van der Waals surface area contributed by atoms with E-state index >= 15 is 0 Å². The third kappa shape index (κ3) is 7.90. The molecule has 1 aromatic carbocycles. The van der Waals surface area contributed by atoms with Crippen molar-refractivity contribution in [1.29, 1.82) is 0 Å². The highest BCUT2D eigenvalue weighted by atomic mass is 16.6. The molecule has 0 saturated carbocycles. The smallest absolute Gasteiger partial charge is 0.409 e. The number of hydrogen-bond acceptors (Lipinski definition) is 9. The Labute approximate surface area is 252 Å². The van der Waals surface area contributed by atoms with Gasteiger partial charge in [-0.15, -0.1) is 0 Å². The Morgan fingerprint density at radius 2 is 1.70 bits per heavy atom. The zero-order valence-electron chi connectivity index (χ0n) is 24.3. The van der Waals surface area contributed by atoms with E-state index in [4.69, 9.17) is 9.47 Å². The lowest BCUT2D eigenvalue weighted by Crippen LogP contribution is -2.56. The van der Waals surface area contributed by atoms with Gasteiger partial charge in [-0.05, 0) is 31.9 Å². The normalized spacial score (nSPS) is 17.2. The summed E-state index contributed by atoms with van der Waals surface area (Å²) in [6, 6.07) is 6.95. The minimum absolute atomic E-state index is 0.0892. The molecule has 4 amide bonds. The molecule has 2 atom stereocenters. The number of aromatic nitrogens is 1. The van der Waals surface area contributed by atoms with Gasteiger partial charge in [-0.2, -0.15) is 0 Å². The predicted octanol–water partition coefficient (Wildman–Crippen LogP) is 0.811. The summed E-state index contributed by atoms with van der Waals surface area (Å²) in [5.41, 5.74) is 0.275. The fraction of sp³-hybridized carbons (Fsp3) is 0.483. The number of para-hydroxylation sites is 1. The van der Waals surface area contributed by atoms with E-state index in [0.29, 0.717) is 23.9 Å². The maximum atomic E-state index is 13.4. The summed E-state index contributed by atoms with van der Waals surface area (Å²) < 4.78 is 10.8. The van der Waals surface area contributed by atoms with Crippen LogP contribution in [0.4, 0.5) is 4.79 Å². The van der Waals surface area contributed by atoms with E-state index in [1.807, 2.05) is 0 Å². The number of carbonyl (C=O) groups excluding carboxylic acids is 4. The SMILES string of the molecule is CCOC(=O)N1CCN(C(=O)C(CCC(=O)O)NC(=O)c2cc(OCC(=O)N3CCC(C(=O)O)C3)c3ccccc3n2)CC1. The van der Waals surface area contributed by atoms with E-state index in [1.165, 1.54) is 20.8 Å². The number of nitrogens with zero attached hydrogens (tertiary/aromatic N) is 4. The van der Waals surface area contributed by atoms with E-state index in [-0.39, 0.29) is 70.2 Å². The molecule has 2 aromatic rings. The summed E-state index contributed by atoms with van der Waals surface area (Å²) in [5, 5.41) is 21.6. The number of amides is 4. The van der Waals surface area contributed by atoms with Crippen LogP contribution >= 0.6 is 0 Å². The highest BCUT2D eigenvalue weighted by Gasteiger charge is 2.32. The van der Waals surface area contributed by atoms with Crippen molar-refractivity contribution in [2.24, 2.45) is 5.92 Å². The van der Waals surface area contributed by atoms with Gasteiger partial charge < -0.3 is 39.7 Å². The molecule has 2 unspecified atom stereocenters. The standard InChI is InChI=1S/C29H35N5O10/c1-2-43-29(42)33-13-11-32(12-14-33)27(39)21(7-8-25(36)37)31-26(38)22-15-23(19-5-3-4-6-20(19)30-22)44-17-24(35)34-10-9-18(16-34)28(40)41/h3-6,15,18,21H,2,7-14,16-17H2,1H3,(H,31,38)(H,36,37)(H,40,41). The van der Waals surface area contributed by atoms with Crippen molar-refractivity contribution in [1.82, 2.24) is 25.0 Å². The highest BCUT2D eigenvalue weighted by molar-refractivity contribution is 5.99. The molecular weight excluding hydrogens is 578 g/mol. The number of likely N-dealkylation sites (tertiary alicyclic amines) is 1. The van der Waals surface area contributed by atoms with E-state index in [0.717, 1.165) is 0 Å². The van der Waals surface area contributed by atoms with Crippen molar-refractivity contribution in [3.8, 4) is 5.75 Å². The van der Waals surface area contributed by atoms with Crippen LogP contribution < -0.4 is 10.1 Å². The third-order valence-corrected chi connectivity index (χ3v) is 7.52. The highest BCUT2D eigenvalue weighted by Crippen LogP contribution is 2.26. The van der Waals surface area contributed by atoms with E-state index in [2.05, 4.69) is 10.3 Å². The van der Waals surface area contributed by atoms with Gasteiger partial charge in [0.1, 0.15) is 17.5 Å². The number of aliphatic carboxylic acids is 2. The molecule has 3 heterocycles. The van der Waals surface area contributed by atoms with Crippen molar-refractivity contribution in [2.45, 2.75) is 32.2 Å². The topological polar surface area (TPSA) is 196 Å². The summed E-state index contributed by atoms with van der Waals surface area (Å²) in [5.74, 6) is -4.18. The monoisotopic (exact) mass is 613 g/mol. The Bertz CT molecular complexity index is 1420. The van der Waals surface area contributed by atoms with Crippen LogP contribution in [0.3, 0.4) is 0 Å². The van der Waals surface area contributed by atoms with Crippen LogP contribution in [0.5, 0.6) is 5.75 Å². The first-order valence-electron chi connectivity index (χ1n) is 14.3. The van der Waals surface area contributed by atoms with Crippen LogP contribution in [0, 0.1) is 5.92 Å². The molecule has 4 rings (SSSR count). The maximum absolute atomic E-state index is 13.4. The lowest BCUT2D eigenvalue weighted by molar-refractivity contribution is -0.142. The van der Waals surface area contributed by atoms with Gasteiger partial charge in [0.25, 0.3) is 11.8 Å². The van der Waals surface area contributed by atoms with Gasteiger partial charge in [0, 0.05) is 57.1 Å². The number of fused-ring (bicyclic) bond motifs is 1. The van der Waals surface area contributed by atoms with Gasteiger partial charge in [-0.25, -0.2) is 9.78 Å². The Kier molecular flexibility index (Phi) is 10.5. The van der Waals surface area contributed by atoms with E-state index < -0.39 is 47.7 Å². The van der Waals surface area contributed by atoms with Gasteiger partial charge >= 0.3 is 18.0 Å². The first kappa shape index (κ1) is 32.0. The first-order valence-corrected chi connectivity index (χ1v) is 14.3. The second-order valence-corrected chi connectivity index (χ2v) is 10.4. The molecule has 15 heteroatoms. The van der Waals surface area contributed by atoms with Gasteiger partial charge in [0.2, 0.25) is 5.91 Å². The number of hydrogen-bond donors (Lipinski definition) is 3. The number of benzene rings is 1. The van der Waals surface area contributed by atoms with Crippen molar-refractivity contribution >= 4 is 46.7 Å². The molecule has 236 valence electrons. The second-order valence-electron chi connectivity index (χ2n) is 10.4. The Hall–Kier alpha value is -4.95. The summed E-state index contributed by atoms with van der Waals surface area (Å²) in [4.78, 5) is 82.8. The number of pyridine rings is 1. The minimum Gasteiger partial charge on any atom is -0.483 e. The van der Waals surface area contributed by atoms with Crippen LogP contribution in [0.1, 0.15) is 36.7 Å². The first-order chi connectivity index (χ1) is 21.1. The third-order valence-electron chi connectivity index (χ3n) is 7.52.